The Labute approximate surface area is 137 Å². The number of benzene rings is 1. The normalized spacial score (nSPS) is 13.5. The highest BCUT2D eigenvalue weighted by Crippen LogP contribution is 2.61. The third kappa shape index (κ3) is 3.55. The van der Waals surface area contributed by atoms with Gasteiger partial charge in [-0.05, 0) is 25.7 Å². The van der Waals surface area contributed by atoms with Crippen molar-refractivity contribution >= 4 is 19.0 Å². The van der Waals surface area contributed by atoms with Gasteiger partial charge in [0.05, 0.1) is 5.52 Å². The maximum Gasteiger partial charge on any atom is 0.0518 e. The Hall–Kier alpha value is -0.850. The number of hydrogen-bond donors (Lipinski definition) is 0. The van der Waals surface area contributed by atoms with Crippen LogP contribution in [0, 0.1) is 0 Å². The number of rotatable bonds is 3. The molecule has 2 nitrogen and oxygen atoms in total. The molecule has 0 radical (unpaired) electrons. The smallest absolute Gasteiger partial charge is 0.0518 e. The number of para-hydroxylation sites is 1. The second kappa shape index (κ2) is 5.98. The van der Waals surface area contributed by atoms with Gasteiger partial charge in [-0.25, -0.2) is 0 Å². The molecule has 0 spiro atoms. The summed E-state index contributed by atoms with van der Waals surface area (Å²) < 4.78 is 2.59. The van der Waals surface area contributed by atoms with Crippen molar-refractivity contribution in [3.8, 4) is 0 Å². The van der Waals surface area contributed by atoms with Crippen LogP contribution >= 0.6 is 8.07 Å². The van der Waals surface area contributed by atoms with Gasteiger partial charge in [0, 0.05) is 36.5 Å². The van der Waals surface area contributed by atoms with Crippen LogP contribution in [0.5, 0.6) is 0 Å². The van der Waals surface area contributed by atoms with Crippen LogP contribution < -0.4 is 0 Å². The Morgan fingerprint density at radius 1 is 0.955 bits per heavy atom. The quantitative estimate of drug-likeness (QED) is 0.674. The molecular formula is C19H31N2P. The SMILES string of the molecule is CN(C)Cc1cn(P(C(C)(C)C)C(C)(C)C)c2ccccc12. The summed E-state index contributed by atoms with van der Waals surface area (Å²) in [6.45, 7) is 15.3. The minimum Gasteiger partial charge on any atom is -0.324 e. The van der Waals surface area contributed by atoms with Crippen LogP contribution in [-0.2, 0) is 6.54 Å². The molecule has 0 saturated carbocycles. The molecule has 0 aliphatic carbocycles. The minimum absolute atomic E-state index is 0.269. The molecule has 0 N–H and O–H groups in total. The van der Waals surface area contributed by atoms with Gasteiger partial charge in [0.15, 0.2) is 0 Å². The summed E-state index contributed by atoms with van der Waals surface area (Å²) in [7, 11) is 3.94. The zero-order valence-electron chi connectivity index (χ0n) is 15.4. The molecule has 0 saturated heterocycles. The standard InChI is InChI=1S/C19H31N2P/c1-18(2,3)22(19(4,5)6)21-14-15(13-20(7)8)16-11-9-10-12-17(16)21/h9-12,14H,13H2,1-8H3. The molecule has 0 atom stereocenters. The number of aromatic nitrogens is 1. The van der Waals surface area contributed by atoms with Crippen LogP contribution in [0.2, 0.25) is 0 Å². The summed E-state index contributed by atoms with van der Waals surface area (Å²) in [6.07, 6.45) is 2.41. The van der Waals surface area contributed by atoms with Gasteiger partial charge in [-0.3, -0.25) is 0 Å². The van der Waals surface area contributed by atoms with Crippen molar-refractivity contribution in [1.29, 1.82) is 0 Å². The predicted octanol–water partition coefficient (Wildman–Crippen LogP) is 5.54. The maximum absolute atomic E-state index is 2.59. The summed E-state index contributed by atoms with van der Waals surface area (Å²) in [4.78, 5) is 2.25. The molecule has 0 fully saturated rings. The van der Waals surface area contributed by atoms with Crippen molar-refractivity contribution in [3.05, 3.63) is 36.0 Å². The molecule has 0 aliphatic rings. The fourth-order valence-electron chi connectivity index (χ4n) is 3.52. The highest BCUT2D eigenvalue weighted by Gasteiger charge is 2.37. The molecular weight excluding hydrogens is 287 g/mol. The van der Waals surface area contributed by atoms with Crippen LogP contribution in [0.3, 0.4) is 0 Å². The van der Waals surface area contributed by atoms with Crippen LogP contribution in [0.15, 0.2) is 30.5 Å². The van der Waals surface area contributed by atoms with E-state index in [2.05, 4.69) is 95.3 Å². The zero-order valence-corrected chi connectivity index (χ0v) is 16.3. The van der Waals surface area contributed by atoms with E-state index in [4.69, 9.17) is 0 Å². The van der Waals surface area contributed by atoms with E-state index in [1.807, 2.05) is 0 Å². The lowest BCUT2D eigenvalue weighted by atomic mass is 10.2. The van der Waals surface area contributed by atoms with Gasteiger partial charge in [-0.1, -0.05) is 59.7 Å². The number of fused-ring (bicyclic) bond motifs is 1. The molecule has 3 heteroatoms. The van der Waals surface area contributed by atoms with Gasteiger partial charge < -0.3 is 9.24 Å². The molecule has 0 amide bonds. The first kappa shape index (κ1) is 17.5. The molecule has 2 rings (SSSR count). The van der Waals surface area contributed by atoms with Crippen molar-refractivity contribution in [2.24, 2.45) is 0 Å². The lowest BCUT2D eigenvalue weighted by molar-refractivity contribution is 0.404. The van der Waals surface area contributed by atoms with Crippen LogP contribution in [0.4, 0.5) is 0 Å². The third-order valence-electron chi connectivity index (χ3n) is 3.75. The lowest BCUT2D eigenvalue weighted by Crippen LogP contribution is -2.28. The molecule has 0 unspecified atom stereocenters. The Morgan fingerprint density at radius 2 is 1.50 bits per heavy atom. The predicted molar refractivity (Wildman–Crippen MR) is 101 cm³/mol. The molecule has 1 aromatic heterocycles. The van der Waals surface area contributed by atoms with E-state index < -0.39 is 0 Å². The largest absolute Gasteiger partial charge is 0.324 e. The number of nitrogens with zero attached hydrogens (tertiary/aromatic N) is 2. The van der Waals surface area contributed by atoms with Crippen molar-refractivity contribution in [1.82, 2.24) is 9.24 Å². The minimum atomic E-state index is -0.344. The Bertz CT molecular complexity index is 627. The average Bonchev–Trinajstić information content (AvgIpc) is 2.64. The molecule has 122 valence electrons. The Morgan fingerprint density at radius 3 is 2.00 bits per heavy atom. The summed E-state index contributed by atoms with van der Waals surface area (Å²) in [5.41, 5.74) is 2.82. The first-order valence-electron chi connectivity index (χ1n) is 8.06. The molecule has 0 aliphatic heterocycles. The summed E-state index contributed by atoms with van der Waals surface area (Å²) in [5, 5.41) is 1.94. The van der Waals surface area contributed by atoms with E-state index in [-0.39, 0.29) is 18.4 Å². The van der Waals surface area contributed by atoms with Gasteiger partial charge in [0.1, 0.15) is 0 Å². The van der Waals surface area contributed by atoms with Crippen LogP contribution in [-0.4, -0.2) is 33.6 Å². The van der Waals surface area contributed by atoms with Gasteiger partial charge in [-0.15, -0.1) is 0 Å². The summed E-state index contributed by atoms with van der Waals surface area (Å²) in [6, 6.07) is 8.87. The summed E-state index contributed by atoms with van der Waals surface area (Å²) >= 11 is 0. The lowest BCUT2D eigenvalue weighted by Gasteiger charge is -2.42. The van der Waals surface area contributed by atoms with Crippen LogP contribution in [0.1, 0.15) is 47.1 Å². The maximum atomic E-state index is 2.59. The van der Waals surface area contributed by atoms with Gasteiger partial charge in [0.2, 0.25) is 0 Å². The van der Waals surface area contributed by atoms with E-state index in [0.29, 0.717) is 0 Å². The summed E-state index contributed by atoms with van der Waals surface area (Å²) in [5.74, 6) is 0. The average molecular weight is 318 g/mol. The first-order chi connectivity index (χ1) is 10.0. The molecule has 1 heterocycles. The monoisotopic (exact) mass is 318 g/mol. The van der Waals surface area contributed by atoms with Crippen molar-refractivity contribution < 1.29 is 0 Å². The second-order valence-electron chi connectivity index (χ2n) is 8.41. The van der Waals surface area contributed by atoms with Crippen LogP contribution in [0.25, 0.3) is 10.9 Å². The molecule has 22 heavy (non-hydrogen) atoms. The van der Waals surface area contributed by atoms with Gasteiger partial charge in [0.25, 0.3) is 0 Å². The van der Waals surface area contributed by atoms with Gasteiger partial charge >= 0.3 is 0 Å². The first-order valence-corrected chi connectivity index (χ1v) is 9.35. The van der Waals surface area contributed by atoms with E-state index in [1.54, 1.807) is 0 Å². The van der Waals surface area contributed by atoms with E-state index in [0.717, 1.165) is 6.54 Å². The third-order valence-corrected chi connectivity index (χ3v) is 7.05. The van der Waals surface area contributed by atoms with Gasteiger partial charge in [-0.2, -0.15) is 0 Å². The van der Waals surface area contributed by atoms with E-state index >= 15 is 0 Å². The van der Waals surface area contributed by atoms with Crippen molar-refractivity contribution in [2.75, 3.05) is 14.1 Å². The van der Waals surface area contributed by atoms with E-state index in [9.17, 15) is 0 Å². The molecule has 2 aromatic rings. The zero-order chi connectivity index (χ0) is 16.7. The Kier molecular flexibility index (Phi) is 4.76. The van der Waals surface area contributed by atoms with Crippen molar-refractivity contribution in [3.63, 3.8) is 0 Å². The second-order valence-corrected chi connectivity index (χ2v) is 12.1. The highest BCUT2D eigenvalue weighted by molar-refractivity contribution is 7.59. The van der Waals surface area contributed by atoms with Crippen molar-refractivity contribution in [2.45, 2.75) is 58.4 Å². The fraction of sp³-hybridized carbons (Fsp3) is 0.579. The highest BCUT2D eigenvalue weighted by atomic mass is 31.1. The fourth-order valence-corrected chi connectivity index (χ4v) is 7.47. The Balaban J connectivity index is 2.68. The van der Waals surface area contributed by atoms with E-state index in [1.165, 1.54) is 16.5 Å². The molecule has 1 aromatic carbocycles. The number of hydrogen-bond acceptors (Lipinski definition) is 1. The molecule has 0 bridgehead atoms. The topological polar surface area (TPSA) is 8.17 Å².